The van der Waals surface area contributed by atoms with Crippen LogP contribution in [0, 0.1) is 5.92 Å². The Morgan fingerprint density at radius 1 is 1.27 bits per heavy atom. The van der Waals surface area contributed by atoms with Crippen LogP contribution in [0.5, 0.6) is 5.75 Å². The van der Waals surface area contributed by atoms with Crippen molar-refractivity contribution >= 4 is 23.6 Å². The Balaban J connectivity index is 2.04. The largest absolute Gasteiger partial charge is 0.497 e. The Morgan fingerprint density at radius 3 is 2.58 bits per heavy atom. The van der Waals surface area contributed by atoms with Crippen LogP contribution in [0.2, 0.25) is 0 Å². The van der Waals surface area contributed by atoms with Crippen molar-refractivity contribution in [3.05, 3.63) is 47.8 Å². The maximum absolute atomic E-state index is 12.3. The van der Waals surface area contributed by atoms with Crippen molar-refractivity contribution in [1.82, 2.24) is 15.1 Å². The zero-order chi connectivity index (χ0) is 19.1. The van der Waals surface area contributed by atoms with Crippen LogP contribution in [0.15, 0.2) is 36.5 Å². The van der Waals surface area contributed by atoms with E-state index in [-0.39, 0.29) is 11.8 Å². The number of carbonyl (C=O) groups is 2. The summed E-state index contributed by atoms with van der Waals surface area (Å²) in [5.74, 6) is 0.469. The van der Waals surface area contributed by atoms with E-state index in [1.54, 1.807) is 20.2 Å². The van der Waals surface area contributed by atoms with Gasteiger partial charge in [0.1, 0.15) is 11.4 Å². The minimum absolute atomic E-state index is 0.270. The smallest absolute Gasteiger partial charge is 0.271 e. The van der Waals surface area contributed by atoms with Gasteiger partial charge < -0.3 is 15.4 Å². The monoisotopic (exact) mass is 356 g/mol. The third-order valence-corrected chi connectivity index (χ3v) is 3.63. The van der Waals surface area contributed by atoms with Gasteiger partial charge in [-0.25, -0.2) is 0 Å². The van der Waals surface area contributed by atoms with Crippen molar-refractivity contribution < 1.29 is 14.3 Å². The van der Waals surface area contributed by atoms with Gasteiger partial charge in [0.2, 0.25) is 5.91 Å². The molecule has 0 spiro atoms. The first kappa shape index (κ1) is 19.2. The van der Waals surface area contributed by atoms with E-state index in [1.807, 2.05) is 38.1 Å². The Bertz CT molecular complexity index is 792. The third kappa shape index (κ3) is 5.20. The van der Waals surface area contributed by atoms with E-state index in [0.717, 1.165) is 11.3 Å². The van der Waals surface area contributed by atoms with Crippen LogP contribution in [-0.4, -0.2) is 35.2 Å². The standard InChI is InChI=1S/C19H24N4O3/c1-13(2)11-20-19(25)18-16(12-21-23(18)3)22-17(24)10-7-14-5-8-15(26-4)9-6-14/h5-10,12-13H,11H2,1-4H3,(H,20,25)(H,22,24)/b10-7+. The molecule has 0 fully saturated rings. The van der Waals surface area contributed by atoms with E-state index in [2.05, 4.69) is 15.7 Å². The molecule has 2 amide bonds. The zero-order valence-electron chi connectivity index (χ0n) is 15.4. The van der Waals surface area contributed by atoms with E-state index in [0.29, 0.717) is 23.8 Å². The van der Waals surface area contributed by atoms with Crippen LogP contribution in [0.4, 0.5) is 5.69 Å². The van der Waals surface area contributed by atoms with E-state index in [9.17, 15) is 9.59 Å². The second-order valence-electron chi connectivity index (χ2n) is 6.23. The van der Waals surface area contributed by atoms with Crippen LogP contribution in [0.3, 0.4) is 0 Å². The first-order valence-electron chi connectivity index (χ1n) is 8.34. The van der Waals surface area contributed by atoms with Gasteiger partial charge in [-0.2, -0.15) is 5.10 Å². The highest BCUT2D eigenvalue weighted by molar-refractivity contribution is 6.06. The number of ether oxygens (including phenoxy) is 1. The molecule has 7 heteroatoms. The molecule has 7 nitrogen and oxygen atoms in total. The summed E-state index contributed by atoms with van der Waals surface area (Å²) >= 11 is 0. The maximum atomic E-state index is 12.3. The molecule has 0 aliphatic carbocycles. The minimum Gasteiger partial charge on any atom is -0.497 e. The maximum Gasteiger partial charge on any atom is 0.271 e. The van der Waals surface area contributed by atoms with E-state index in [4.69, 9.17) is 4.74 Å². The Hall–Kier alpha value is -3.09. The molecule has 138 valence electrons. The molecule has 0 saturated carbocycles. The first-order chi connectivity index (χ1) is 12.4. The van der Waals surface area contributed by atoms with Crippen LogP contribution < -0.4 is 15.4 Å². The molecule has 0 bridgehead atoms. The van der Waals surface area contributed by atoms with E-state index >= 15 is 0 Å². The zero-order valence-corrected chi connectivity index (χ0v) is 15.4. The number of nitrogens with one attached hydrogen (secondary N) is 2. The van der Waals surface area contributed by atoms with Gasteiger partial charge in [0.05, 0.1) is 19.0 Å². The van der Waals surface area contributed by atoms with Gasteiger partial charge in [-0.3, -0.25) is 14.3 Å². The summed E-state index contributed by atoms with van der Waals surface area (Å²) in [6, 6.07) is 7.32. The summed E-state index contributed by atoms with van der Waals surface area (Å²) in [7, 11) is 3.26. The fourth-order valence-electron chi connectivity index (χ4n) is 2.24. The average molecular weight is 356 g/mol. The summed E-state index contributed by atoms with van der Waals surface area (Å²) in [6.45, 7) is 4.57. The number of aryl methyl sites for hydroxylation is 1. The molecule has 0 saturated heterocycles. The lowest BCUT2D eigenvalue weighted by atomic mass is 10.2. The highest BCUT2D eigenvalue weighted by Gasteiger charge is 2.18. The van der Waals surface area contributed by atoms with Crippen molar-refractivity contribution in [1.29, 1.82) is 0 Å². The van der Waals surface area contributed by atoms with Crippen LogP contribution in [0.25, 0.3) is 6.08 Å². The molecule has 1 aromatic heterocycles. The first-order valence-corrected chi connectivity index (χ1v) is 8.34. The molecule has 0 atom stereocenters. The molecular formula is C19H24N4O3. The van der Waals surface area contributed by atoms with Crippen molar-refractivity contribution in [3.63, 3.8) is 0 Å². The highest BCUT2D eigenvalue weighted by atomic mass is 16.5. The second kappa shape index (κ2) is 8.84. The number of benzene rings is 1. The molecule has 0 unspecified atom stereocenters. The Labute approximate surface area is 153 Å². The minimum atomic E-state index is -0.341. The van der Waals surface area contributed by atoms with Crippen LogP contribution >= 0.6 is 0 Å². The van der Waals surface area contributed by atoms with Crippen LogP contribution in [0.1, 0.15) is 29.9 Å². The number of hydrogen-bond acceptors (Lipinski definition) is 4. The number of carbonyl (C=O) groups excluding carboxylic acids is 2. The quantitative estimate of drug-likeness (QED) is 0.746. The number of nitrogens with zero attached hydrogens (tertiary/aromatic N) is 2. The fourth-order valence-corrected chi connectivity index (χ4v) is 2.24. The van der Waals surface area contributed by atoms with Gasteiger partial charge in [0, 0.05) is 19.7 Å². The van der Waals surface area contributed by atoms with Crippen molar-refractivity contribution in [2.24, 2.45) is 13.0 Å². The number of anilines is 1. The SMILES string of the molecule is COc1ccc(/C=C/C(=O)Nc2cnn(C)c2C(=O)NCC(C)C)cc1. The van der Waals surface area contributed by atoms with Crippen molar-refractivity contribution in [2.45, 2.75) is 13.8 Å². The lowest BCUT2D eigenvalue weighted by Gasteiger charge is -2.09. The van der Waals surface area contributed by atoms with Gasteiger partial charge in [0.25, 0.3) is 5.91 Å². The van der Waals surface area contributed by atoms with Crippen molar-refractivity contribution in [3.8, 4) is 5.75 Å². The molecule has 26 heavy (non-hydrogen) atoms. The van der Waals surface area contributed by atoms with Crippen molar-refractivity contribution in [2.75, 3.05) is 19.0 Å². The lowest BCUT2D eigenvalue weighted by Crippen LogP contribution is -2.30. The van der Waals surface area contributed by atoms with Gasteiger partial charge in [0.15, 0.2) is 0 Å². The van der Waals surface area contributed by atoms with Gasteiger partial charge in [-0.1, -0.05) is 26.0 Å². The molecule has 0 aliphatic rings. The van der Waals surface area contributed by atoms with E-state index in [1.165, 1.54) is 17.0 Å². The normalized spacial score (nSPS) is 11.0. The molecule has 2 N–H and O–H groups in total. The van der Waals surface area contributed by atoms with Gasteiger partial charge in [-0.15, -0.1) is 0 Å². The summed E-state index contributed by atoms with van der Waals surface area (Å²) in [4.78, 5) is 24.5. The number of rotatable bonds is 7. The molecule has 0 aliphatic heterocycles. The molecular weight excluding hydrogens is 332 g/mol. The van der Waals surface area contributed by atoms with Gasteiger partial charge >= 0.3 is 0 Å². The number of hydrogen-bond donors (Lipinski definition) is 2. The van der Waals surface area contributed by atoms with E-state index < -0.39 is 0 Å². The second-order valence-corrected chi connectivity index (χ2v) is 6.23. The summed E-state index contributed by atoms with van der Waals surface area (Å²) in [5, 5.41) is 9.58. The van der Waals surface area contributed by atoms with Crippen LogP contribution in [-0.2, 0) is 11.8 Å². The Morgan fingerprint density at radius 2 is 1.96 bits per heavy atom. The topological polar surface area (TPSA) is 85.2 Å². The summed E-state index contributed by atoms with van der Waals surface area (Å²) < 4.78 is 6.54. The molecule has 2 aromatic rings. The predicted molar refractivity (Wildman–Crippen MR) is 101 cm³/mol. The molecule has 2 rings (SSSR count). The molecule has 1 aromatic carbocycles. The number of amides is 2. The number of methoxy groups -OCH3 is 1. The molecule has 0 radical (unpaired) electrons. The average Bonchev–Trinajstić information content (AvgIpc) is 2.98. The fraction of sp³-hybridized carbons (Fsp3) is 0.316. The summed E-state index contributed by atoms with van der Waals surface area (Å²) in [6.07, 6.45) is 4.55. The summed E-state index contributed by atoms with van der Waals surface area (Å²) in [5.41, 5.74) is 1.55. The molecule has 1 heterocycles. The third-order valence-electron chi connectivity index (χ3n) is 3.63. The Kier molecular flexibility index (Phi) is 6.54. The number of aromatic nitrogens is 2. The highest BCUT2D eigenvalue weighted by Crippen LogP contribution is 2.15. The lowest BCUT2D eigenvalue weighted by molar-refractivity contribution is -0.111. The predicted octanol–water partition coefficient (Wildman–Crippen LogP) is 2.47. The van der Waals surface area contributed by atoms with Gasteiger partial charge in [-0.05, 0) is 29.7 Å².